The van der Waals surface area contributed by atoms with Gasteiger partial charge in [0.25, 0.3) is 0 Å². The highest BCUT2D eigenvalue weighted by Gasteiger charge is 2.20. The Hall–Kier alpha value is -2.41. The van der Waals surface area contributed by atoms with E-state index in [2.05, 4.69) is 19.9 Å². The second kappa shape index (κ2) is 4.69. The molecule has 3 rings (SSSR count). The van der Waals surface area contributed by atoms with E-state index < -0.39 is 0 Å². The van der Waals surface area contributed by atoms with Gasteiger partial charge in [0.15, 0.2) is 0 Å². The molecule has 0 aliphatic carbocycles. The molecule has 0 atom stereocenters. The van der Waals surface area contributed by atoms with Gasteiger partial charge in [-0.15, -0.1) is 10.2 Å². The van der Waals surface area contributed by atoms with Gasteiger partial charge in [0.05, 0.1) is 17.6 Å². The number of aryl methyl sites for hydroxylation is 1. The van der Waals surface area contributed by atoms with Gasteiger partial charge in [-0.3, -0.25) is 4.79 Å². The molecule has 94 valence electrons. The summed E-state index contributed by atoms with van der Waals surface area (Å²) in [6, 6.07) is 9.39. The lowest BCUT2D eigenvalue weighted by Gasteiger charge is -2.03. The summed E-state index contributed by atoms with van der Waals surface area (Å²) in [5.41, 5.74) is 1.81. The van der Waals surface area contributed by atoms with Crippen LogP contribution < -0.4 is 0 Å². The van der Waals surface area contributed by atoms with Gasteiger partial charge in [-0.2, -0.15) is 0 Å². The van der Waals surface area contributed by atoms with Crippen LogP contribution in [-0.4, -0.2) is 30.4 Å². The summed E-state index contributed by atoms with van der Waals surface area (Å²) in [5, 5.41) is 11.6. The Bertz CT molecular complexity index is 719. The van der Waals surface area contributed by atoms with Crippen molar-refractivity contribution >= 4 is 17.3 Å². The standard InChI is InChI=1S/C12H9N5OS/c1-8-12(19-16-14-8)11(18)10-7-13-15-17(10)9-5-3-2-4-6-9/h2-7H,1H3. The normalized spacial score (nSPS) is 10.6. The van der Waals surface area contributed by atoms with Crippen molar-refractivity contribution in [1.29, 1.82) is 0 Å². The van der Waals surface area contributed by atoms with Gasteiger partial charge in [0, 0.05) is 0 Å². The van der Waals surface area contributed by atoms with Crippen molar-refractivity contribution in [2.24, 2.45) is 0 Å². The van der Waals surface area contributed by atoms with E-state index in [0.29, 0.717) is 16.3 Å². The third-order valence-corrected chi connectivity index (χ3v) is 3.47. The molecule has 1 aromatic carbocycles. The molecular weight excluding hydrogens is 262 g/mol. The lowest BCUT2D eigenvalue weighted by molar-refractivity contribution is 0.103. The van der Waals surface area contributed by atoms with Crippen molar-refractivity contribution in [3.63, 3.8) is 0 Å². The maximum atomic E-state index is 12.4. The molecule has 0 N–H and O–H groups in total. The van der Waals surface area contributed by atoms with E-state index in [1.165, 1.54) is 10.9 Å². The number of para-hydroxylation sites is 1. The van der Waals surface area contributed by atoms with Gasteiger partial charge in [0.1, 0.15) is 10.6 Å². The van der Waals surface area contributed by atoms with Crippen LogP contribution in [0.2, 0.25) is 0 Å². The molecule has 0 unspecified atom stereocenters. The summed E-state index contributed by atoms with van der Waals surface area (Å²) < 4.78 is 5.29. The number of carbonyl (C=O) groups is 1. The minimum Gasteiger partial charge on any atom is -0.286 e. The Labute approximate surface area is 112 Å². The zero-order valence-corrected chi connectivity index (χ0v) is 10.8. The number of aromatic nitrogens is 5. The van der Waals surface area contributed by atoms with Crippen LogP contribution in [0.15, 0.2) is 36.5 Å². The van der Waals surface area contributed by atoms with Crippen LogP contribution in [0.1, 0.15) is 21.1 Å². The monoisotopic (exact) mass is 271 g/mol. The Balaban J connectivity index is 2.06. The number of ketones is 1. The molecule has 0 amide bonds. The van der Waals surface area contributed by atoms with Crippen molar-refractivity contribution in [2.45, 2.75) is 6.92 Å². The molecule has 19 heavy (non-hydrogen) atoms. The molecule has 2 aromatic heterocycles. The Morgan fingerprint density at radius 3 is 2.74 bits per heavy atom. The molecule has 0 fully saturated rings. The maximum Gasteiger partial charge on any atom is 0.226 e. The van der Waals surface area contributed by atoms with Gasteiger partial charge in [-0.1, -0.05) is 27.9 Å². The van der Waals surface area contributed by atoms with Gasteiger partial charge in [-0.25, -0.2) is 4.68 Å². The largest absolute Gasteiger partial charge is 0.286 e. The van der Waals surface area contributed by atoms with E-state index in [-0.39, 0.29) is 5.78 Å². The molecule has 0 radical (unpaired) electrons. The van der Waals surface area contributed by atoms with Gasteiger partial charge in [0.2, 0.25) is 5.78 Å². The van der Waals surface area contributed by atoms with E-state index in [9.17, 15) is 4.79 Å². The first-order chi connectivity index (χ1) is 9.27. The Kier molecular flexibility index (Phi) is 2.88. The number of benzene rings is 1. The third kappa shape index (κ3) is 2.04. The molecular formula is C12H9N5OS. The van der Waals surface area contributed by atoms with E-state index in [1.807, 2.05) is 30.3 Å². The molecule has 0 spiro atoms. The fourth-order valence-electron chi connectivity index (χ4n) is 1.71. The number of hydrogen-bond acceptors (Lipinski definition) is 6. The quantitative estimate of drug-likeness (QED) is 0.677. The summed E-state index contributed by atoms with van der Waals surface area (Å²) in [6.45, 7) is 1.76. The highest BCUT2D eigenvalue weighted by atomic mass is 32.1. The van der Waals surface area contributed by atoms with Crippen molar-refractivity contribution in [1.82, 2.24) is 24.6 Å². The fraction of sp³-hybridized carbons (Fsp3) is 0.0833. The minimum absolute atomic E-state index is 0.165. The predicted octanol–water partition coefficient (Wildman–Crippen LogP) is 1.66. The summed E-state index contributed by atoms with van der Waals surface area (Å²) in [4.78, 5) is 12.9. The molecule has 0 bridgehead atoms. The molecule has 3 aromatic rings. The van der Waals surface area contributed by atoms with Gasteiger partial charge in [-0.05, 0) is 30.6 Å². The van der Waals surface area contributed by atoms with Gasteiger partial charge >= 0.3 is 0 Å². The first-order valence-corrected chi connectivity index (χ1v) is 6.34. The van der Waals surface area contributed by atoms with E-state index in [1.54, 1.807) is 6.92 Å². The number of carbonyl (C=O) groups excluding carboxylic acids is 1. The molecule has 0 aliphatic heterocycles. The van der Waals surface area contributed by atoms with Crippen molar-refractivity contribution < 1.29 is 4.79 Å². The van der Waals surface area contributed by atoms with Crippen molar-refractivity contribution in [3.05, 3.63) is 52.8 Å². The smallest absolute Gasteiger partial charge is 0.226 e. The predicted molar refractivity (Wildman–Crippen MR) is 69.4 cm³/mol. The highest BCUT2D eigenvalue weighted by molar-refractivity contribution is 7.08. The number of hydrogen-bond donors (Lipinski definition) is 0. The van der Waals surface area contributed by atoms with Crippen LogP contribution in [0.5, 0.6) is 0 Å². The zero-order valence-electron chi connectivity index (χ0n) is 10.0. The molecule has 7 heteroatoms. The molecule has 0 saturated carbocycles. The Morgan fingerprint density at radius 1 is 1.26 bits per heavy atom. The highest BCUT2D eigenvalue weighted by Crippen LogP contribution is 2.17. The average molecular weight is 271 g/mol. The summed E-state index contributed by atoms with van der Waals surface area (Å²) in [6.07, 6.45) is 1.45. The van der Waals surface area contributed by atoms with E-state index >= 15 is 0 Å². The van der Waals surface area contributed by atoms with Crippen molar-refractivity contribution in [2.75, 3.05) is 0 Å². The molecule has 2 heterocycles. The van der Waals surface area contributed by atoms with Crippen LogP contribution in [0.25, 0.3) is 5.69 Å². The van der Waals surface area contributed by atoms with E-state index in [0.717, 1.165) is 17.2 Å². The number of rotatable bonds is 3. The molecule has 6 nitrogen and oxygen atoms in total. The third-order valence-electron chi connectivity index (χ3n) is 2.64. The lowest BCUT2D eigenvalue weighted by atomic mass is 10.2. The van der Waals surface area contributed by atoms with Crippen LogP contribution in [0.4, 0.5) is 0 Å². The topological polar surface area (TPSA) is 73.6 Å². The minimum atomic E-state index is -0.165. The maximum absolute atomic E-state index is 12.4. The van der Waals surface area contributed by atoms with Crippen LogP contribution in [0.3, 0.4) is 0 Å². The first kappa shape index (κ1) is 11.7. The Morgan fingerprint density at radius 2 is 2.05 bits per heavy atom. The zero-order chi connectivity index (χ0) is 13.2. The molecule has 0 aliphatic rings. The first-order valence-electron chi connectivity index (χ1n) is 5.57. The molecule has 0 saturated heterocycles. The lowest BCUT2D eigenvalue weighted by Crippen LogP contribution is -2.09. The second-order valence-electron chi connectivity index (χ2n) is 3.88. The summed E-state index contributed by atoms with van der Waals surface area (Å²) >= 11 is 1.08. The van der Waals surface area contributed by atoms with Crippen molar-refractivity contribution in [3.8, 4) is 5.69 Å². The second-order valence-corrected chi connectivity index (χ2v) is 4.64. The average Bonchev–Trinajstić information content (AvgIpc) is 3.07. The number of nitrogens with zero attached hydrogens (tertiary/aromatic N) is 5. The van der Waals surface area contributed by atoms with Crippen LogP contribution in [-0.2, 0) is 0 Å². The SMILES string of the molecule is Cc1nnsc1C(=O)c1cnnn1-c1ccccc1. The summed E-state index contributed by atoms with van der Waals surface area (Å²) in [5.74, 6) is -0.165. The fourth-order valence-corrected chi connectivity index (χ4v) is 2.31. The van der Waals surface area contributed by atoms with Crippen LogP contribution in [0, 0.1) is 6.92 Å². The van der Waals surface area contributed by atoms with Gasteiger partial charge < -0.3 is 0 Å². The van der Waals surface area contributed by atoms with E-state index in [4.69, 9.17) is 0 Å². The van der Waals surface area contributed by atoms with Crippen LogP contribution >= 0.6 is 11.5 Å². The summed E-state index contributed by atoms with van der Waals surface area (Å²) in [7, 11) is 0.